The minimum atomic E-state index is -0.880. The third-order valence-corrected chi connectivity index (χ3v) is 8.12. The molecule has 0 saturated heterocycles. The van der Waals surface area contributed by atoms with Crippen molar-refractivity contribution in [2.24, 2.45) is 0 Å². The van der Waals surface area contributed by atoms with E-state index >= 15 is 0 Å². The number of nitrogens with zero attached hydrogens (tertiary/aromatic N) is 1. The van der Waals surface area contributed by atoms with Gasteiger partial charge in [-0.25, -0.2) is 4.79 Å². The van der Waals surface area contributed by atoms with Crippen LogP contribution in [0.4, 0.5) is 0 Å². The molecule has 0 bridgehead atoms. The lowest BCUT2D eigenvalue weighted by molar-refractivity contribution is -0.887. The molecule has 0 aromatic rings. The lowest BCUT2D eigenvalue weighted by Crippen LogP contribution is -2.50. The first kappa shape index (κ1) is 43.8. The Hall–Kier alpha value is -2.19. The first-order valence-electron chi connectivity index (χ1n) is 18.4. The van der Waals surface area contributed by atoms with Gasteiger partial charge in [-0.3, -0.25) is 9.59 Å². The molecule has 0 saturated carbocycles. The topological polar surface area (TPSA) is 99.1 Å². The van der Waals surface area contributed by atoms with Crippen LogP contribution in [0.2, 0.25) is 0 Å². The molecule has 46 heavy (non-hydrogen) atoms. The number of allylic oxidation sites excluding steroid dienone is 4. The Kier molecular flexibility index (Phi) is 28.7. The second kappa shape index (κ2) is 30.2. The number of aliphatic carboxylic acids is 1. The Bertz CT molecular complexity index is 818. The first-order valence-corrected chi connectivity index (χ1v) is 18.4. The van der Waals surface area contributed by atoms with E-state index in [0.29, 0.717) is 19.3 Å². The molecule has 0 fully saturated rings. The van der Waals surface area contributed by atoms with Crippen molar-refractivity contribution in [2.75, 3.05) is 41.0 Å². The van der Waals surface area contributed by atoms with Crippen molar-refractivity contribution in [3.63, 3.8) is 0 Å². The van der Waals surface area contributed by atoms with Crippen molar-refractivity contribution < 1.29 is 38.2 Å². The lowest BCUT2D eigenvalue weighted by Gasteiger charge is -2.31. The summed E-state index contributed by atoms with van der Waals surface area (Å²) in [7, 11) is 5.50. The molecule has 2 atom stereocenters. The van der Waals surface area contributed by atoms with E-state index in [0.717, 1.165) is 51.4 Å². The molecule has 0 aliphatic carbocycles. The number of hydrogen-bond acceptors (Lipinski definition) is 6. The van der Waals surface area contributed by atoms with Gasteiger partial charge in [-0.2, -0.15) is 0 Å². The van der Waals surface area contributed by atoms with E-state index in [2.05, 4.69) is 38.2 Å². The number of likely N-dealkylation sites (N-methyl/N-ethyl adjacent to an activating group) is 1. The van der Waals surface area contributed by atoms with Gasteiger partial charge >= 0.3 is 17.9 Å². The van der Waals surface area contributed by atoms with Gasteiger partial charge in [-0.1, -0.05) is 115 Å². The second-order valence-electron chi connectivity index (χ2n) is 13.5. The van der Waals surface area contributed by atoms with Crippen molar-refractivity contribution in [2.45, 2.75) is 161 Å². The number of ether oxygens (including phenoxy) is 3. The molecule has 0 rings (SSSR count). The average molecular weight is 653 g/mol. The molecule has 2 unspecified atom stereocenters. The predicted molar refractivity (Wildman–Crippen MR) is 188 cm³/mol. The lowest BCUT2D eigenvalue weighted by atomic mass is 10.0. The second-order valence-corrected chi connectivity index (χ2v) is 13.5. The van der Waals surface area contributed by atoms with Crippen LogP contribution in [0, 0.1) is 0 Å². The van der Waals surface area contributed by atoms with E-state index in [1.807, 2.05) is 21.1 Å². The summed E-state index contributed by atoms with van der Waals surface area (Å²) in [5.74, 6) is -1.51. The maximum Gasteiger partial charge on any atom is 0.362 e. The highest BCUT2D eigenvalue weighted by molar-refractivity contribution is 5.72. The van der Waals surface area contributed by atoms with Gasteiger partial charge in [0.1, 0.15) is 6.61 Å². The number of carbonyl (C=O) groups is 3. The van der Waals surface area contributed by atoms with E-state index in [1.54, 1.807) is 0 Å². The molecule has 0 aromatic heterocycles. The van der Waals surface area contributed by atoms with Gasteiger partial charge in [0.25, 0.3) is 0 Å². The number of esters is 2. The van der Waals surface area contributed by atoms with Crippen LogP contribution >= 0.6 is 0 Å². The molecule has 0 aromatic carbocycles. The minimum absolute atomic E-state index is 0.0539. The van der Waals surface area contributed by atoms with Gasteiger partial charge in [-0.05, 0) is 38.5 Å². The smallest absolute Gasteiger partial charge is 0.362 e. The number of rotatable bonds is 32. The van der Waals surface area contributed by atoms with E-state index in [4.69, 9.17) is 14.2 Å². The Balaban J connectivity index is 4.45. The fourth-order valence-corrected chi connectivity index (χ4v) is 5.25. The van der Waals surface area contributed by atoms with Crippen LogP contribution in [0.3, 0.4) is 0 Å². The van der Waals surface area contributed by atoms with Crippen LogP contribution in [0.1, 0.15) is 149 Å². The number of hydrogen-bond donors (Lipinski definition) is 1. The van der Waals surface area contributed by atoms with E-state index in [9.17, 15) is 19.5 Å². The Morgan fingerprint density at radius 2 is 1.22 bits per heavy atom. The fourth-order valence-electron chi connectivity index (χ4n) is 5.25. The van der Waals surface area contributed by atoms with Crippen LogP contribution in [0.5, 0.6) is 0 Å². The van der Waals surface area contributed by atoms with E-state index < -0.39 is 18.1 Å². The Morgan fingerprint density at radius 1 is 0.674 bits per heavy atom. The van der Waals surface area contributed by atoms with Crippen LogP contribution in [0.25, 0.3) is 0 Å². The first-order chi connectivity index (χ1) is 22.1. The summed E-state index contributed by atoms with van der Waals surface area (Å²) in [6.07, 6.45) is 29.4. The molecule has 0 heterocycles. The Labute approximate surface area is 281 Å². The van der Waals surface area contributed by atoms with Crippen LogP contribution < -0.4 is 0 Å². The van der Waals surface area contributed by atoms with Gasteiger partial charge in [0.2, 0.25) is 0 Å². The number of carboxylic acids is 1. The molecular weight excluding hydrogens is 582 g/mol. The number of unbranched alkanes of at least 4 members (excludes halogenated alkanes) is 14. The molecule has 0 aliphatic heterocycles. The monoisotopic (exact) mass is 653 g/mol. The van der Waals surface area contributed by atoms with Gasteiger partial charge in [0, 0.05) is 19.3 Å². The van der Waals surface area contributed by atoms with Crippen LogP contribution in [-0.2, 0) is 28.6 Å². The summed E-state index contributed by atoms with van der Waals surface area (Å²) in [4.78, 5) is 36.6. The number of carbonyl (C=O) groups excluding carboxylic acids is 2. The highest BCUT2D eigenvalue weighted by Crippen LogP contribution is 2.14. The zero-order valence-corrected chi connectivity index (χ0v) is 30.3. The van der Waals surface area contributed by atoms with Crippen molar-refractivity contribution in [3.05, 3.63) is 24.3 Å². The summed E-state index contributed by atoms with van der Waals surface area (Å²) >= 11 is 0. The third kappa shape index (κ3) is 28.1. The predicted octanol–water partition coefficient (Wildman–Crippen LogP) is 8.96. The minimum Gasteiger partial charge on any atom is -0.477 e. The summed E-state index contributed by atoms with van der Waals surface area (Å²) < 4.78 is 17.1. The SMILES string of the molecule is CC/C=C/C/C=C/CCCCC(=O)OCC(COCCC(C(=O)O)[N+](C)(C)C)OC(=O)CCCCCCCCCCCCCCC. The maximum atomic E-state index is 12.6. The van der Waals surface area contributed by atoms with Gasteiger partial charge in [0.15, 0.2) is 12.1 Å². The highest BCUT2D eigenvalue weighted by atomic mass is 16.6. The molecule has 0 radical (unpaired) electrons. The highest BCUT2D eigenvalue weighted by Gasteiger charge is 2.31. The largest absolute Gasteiger partial charge is 0.477 e. The zero-order valence-electron chi connectivity index (χ0n) is 30.3. The fraction of sp³-hybridized carbons (Fsp3) is 0.816. The molecule has 8 nitrogen and oxygen atoms in total. The van der Waals surface area contributed by atoms with Crippen molar-refractivity contribution in [3.8, 4) is 0 Å². The summed E-state index contributed by atoms with van der Waals surface area (Å²) in [5, 5.41) is 9.56. The molecule has 0 aliphatic rings. The summed E-state index contributed by atoms with van der Waals surface area (Å²) in [6.45, 7) is 4.56. The number of quaternary nitrogens is 1. The van der Waals surface area contributed by atoms with Crippen molar-refractivity contribution >= 4 is 17.9 Å². The Morgan fingerprint density at radius 3 is 1.78 bits per heavy atom. The van der Waals surface area contributed by atoms with Gasteiger partial charge < -0.3 is 23.8 Å². The third-order valence-electron chi connectivity index (χ3n) is 8.12. The van der Waals surface area contributed by atoms with E-state index in [-0.39, 0.29) is 36.2 Å². The standard InChI is InChI=1S/C38H69NO7/c1-6-8-10-12-14-16-17-18-19-21-23-25-27-29-37(41)46-34(32-44-31-30-35(38(42)43)39(3,4)5)33-45-36(40)28-26-24-22-20-15-13-11-9-7-2/h9,11,15,20,34-35H,6-8,10,12-14,16-19,21-33H2,1-5H3/p+1/b11-9+,20-15+. The normalized spacial score (nSPS) is 13.3. The van der Waals surface area contributed by atoms with Gasteiger partial charge in [-0.15, -0.1) is 0 Å². The average Bonchev–Trinajstić information content (AvgIpc) is 3.00. The molecular formula is C38H70NO7+. The van der Waals surface area contributed by atoms with Crippen LogP contribution in [0.15, 0.2) is 24.3 Å². The van der Waals surface area contributed by atoms with Crippen molar-refractivity contribution in [1.82, 2.24) is 0 Å². The molecule has 268 valence electrons. The molecule has 1 N–H and O–H groups in total. The molecule has 0 spiro atoms. The summed E-state index contributed by atoms with van der Waals surface area (Å²) in [5.41, 5.74) is 0. The molecule has 0 amide bonds. The van der Waals surface area contributed by atoms with E-state index in [1.165, 1.54) is 64.2 Å². The zero-order chi connectivity index (χ0) is 34.3. The van der Waals surface area contributed by atoms with Crippen LogP contribution in [-0.4, -0.2) is 80.6 Å². The molecule has 8 heteroatoms. The maximum absolute atomic E-state index is 12.6. The number of carboxylic acid groups (broad SMARTS) is 1. The van der Waals surface area contributed by atoms with Crippen molar-refractivity contribution in [1.29, 1.82) is 0 Å². The summed E-state index contributed by atoms with van der Waals surface area (Å²) in [6, 6.07) is -0.614. The van der Waals surface area contributed by atoms with Gasteiger partial charge in [0.05, 0.1) is 34.4 Å². The quantitative estimate of drug-likeness (QED) is 0.0335.